The zero-order chi connectivity index (χ0) is 20.2. The second-order valence-corrected chi connectivity index (χ2v) is 7.86. The van der Waals surface area contributed by atoms with Gasteiger partial charge in [-0.15, -0.1) is 5.10 Å². The number of nitrogens with zero attached hydrogens (tertiary/aromatic N) is 3. The first-order valence-corrected chi connectivity index (χ1v) is 9.06. The minimum absolute atomic E-state index is 0.110. The van der Waals surface area contributed by atoms with Crippen molar-refractivity contribution in [3.63, 3.8) is 0 Å². The number of carbonyl (C=O) groups excluding carboxylic acids is 1. The summed E-state index contributed by atoms with van der Waals surface area (Å²) in [5.41, 5.74) is 1.75. The number of rotatable bonds is 7. The van der Waals surface area contributed by atoms with Crippen molar-refractivity contribution in [2.24, 2.45) is 5.41 Å². The third kappa shape index (κ3) is 6.03. The van der Waals surface area contributed by atoms with Crippen LogP contribution in [0.3, 0.4) is 0 Å². The van der Waals surface area contributed by atoms with E-state index in [2.05, 4.69) is 24.0 Å². The zero-order valence-corrected chi connectivity index (χ0v) is 16.4. The van der Waals surface area contributed by atoms with Gasteiger partial charge < -0.3 is 14.4 Å². The topological polar surface area (TPSA) is 64.5 Å². The third-order valence-corrected chi connectivity index (χ3v) is 4.65. The van der Waals surface area contributed by atoms with E-state index >= 15 is 0 Å². The monoisotopic (exact) mass is 405 g/mol. The molecule has 0 atom stereocenters. The lowest BCUT2D eigenvalue weighted by Crippen LogP contribution is -2.37. The molecule has 1 amide bonds. The normalized spacial score (nSPS) is 16.6. The maximum atomic E-state index is 12.7. The van der Waals surface area contributed by atoms with E-state index in [9.17, 15) is 18.0 Å². The molecule has 150 valence electrons. The molecule has 6 nitrogen and oxygen atoms in total. The van der Waals surface area contributed by atoms with Gasteiger partial charge in [0, 0.05) is 19.4 Å². The second-order valence-electron chi connectivity index (χ2n) is 6.92. The van der Waals surface area contributed by atoms with Crippen molar-refractivity contribution < 1.29 is 27.4 Å². The Bertz CT molecular complexity index is 741. The van der Waals surface area contributed by atoms with Gasteiger partial charge >= 0.3 is 6.18 Å². The van der Waals surface area contributed by atoms with Crippen LogP contribution in [0, 0.1) is 5.41 Å². The minimum atomic E-state index is -4.59. The van der Waals surface area contributed by atoms with E-state index in [1.165, 1.54) is 12.0 Å². The molecule has 0 unspecified atom stereocenters. The van der Waals surface area contributed by atoms with Crippen LogP contribution in [0.15, 0.2) is 23.4 Å². The number of hydrogen-bond donors (Lipinski definition) is 0. The zero-order valence-electron chi connectivity index (χ0n) is 15.6. The average molecular weight is 405 g/mol. The summed E-state index contributed by atoms with van der Waals surface area (Å²) < 4.78 is 47.9. The number of aromatic nitrogens is 2. The molecule has 10 heteroatoms. The van der Waals surface area contributed by atoms with Crippen LogP contribution in [-0.2, 0) is 15.7 Å². The maximum absolute atomic E-state index is 12.7. The largest absolute Gasteiger partial charge is 0.459 e. The summed E-state index contributed by atoms with van der Waals surface area (Å²) >= 11 is 0.256. The van der Waals surface area contributed by atoms with Gasteiger partial charge in [-0.1, -0.05) is 41.9 Å². The molecule has 0 N–H and O–H groups in total. The molecule has 0 radical (unpaired) electrons. The standard InChI is InChI=1S/C17H22F3N3O3S/c1-11-7-12(9-16(2,3)8-11)23(5-6-25-4)13(24)10-26-15-22-21-14(27-15)17(18,19)20/h7,9H,5-6,8,10H2,1-4H3. The second kappa shape index (κ2) is 8.39. The quantitative estimate of drug-likeness (QED) is 0.693. The van der Waals surface area contributed by atoms with Crippen LogP contribution in [0.25, 0.3) is 0 Å². The summed E-state index contributed by atoms with van der Waals surface area (Å²) in [4.78, 5) is 14.2. The molecule has 27 heavy (non-hydrogen) atoms. The Morgan fingerprint density at radius 2 is 2.07 bits per heavy atom. The van der Waals surface area contributed by atoms with Crippen molar-refractivity contribution in [3.8, 4) is 5.19 Å². The molecule has 1 aliphatic rings. The van der Waals surface area contributed by atoms with Gasteiger partial charge in [0.05, 0.1) is 6.61 Å². The summed E-state index contributed by atoms with van der Waals surface area (Å²) in [6, 6.07) is 0. The summed E-state index contributed by atoms with van der Waals surface area (Å²) in [7, 11) is 1.53. The molecule has 1 aromatic heterocycles. The van der Waals surface area contributed by atoms with Crippen LogP contribution in [-0.4, -0.2) is 47.9 Å². The van der Waals surface area contributed by atoms with Crippen LogP contribution in [0.1, 0.15) is 32.2 Å². The average Bonchev–Trinajstić information content (AvgIpc) is 3.00. The van der Waals surface area contributed by atoms with E-state index in [-0.39, 0.29) is 21.9 Å². The molecular formula is C17H22F3N3O3S. The highest BCUT2D eigenvalue weighted by atomic mass is 32.1. The van der Waals surface area contributed by atoms with E-state index < -0.39 is 23.7 Å². The molecule has 0 aliphatic heterocycles. The van der Waals surface area contributed by atoms with E-state index in [1.54, 1.807) is 0 Å². The van der Waals surface area contributed by atoms with Crippen molar-refractivity contribution in [1.29, 1.82) is 0 Å². The number of ether oxygens (including phenoxy) is 2. The van der Waals surface area contributed by atoms with Crippen LogP contribution in [0.5, 0.6) is 5.19 Å². The number of carbonyl (C=O) groups is 1. The number of halogens is 3. The number of amides is 1. The SMILES string of the molecule is COCCN(C(=O)COc1nnc(C(F)(F)F)s1)C1=CC(C)(C)CC(C)=C1. The highest BCUT2D eigenvalue weighted by molar-refractivity contribution is 7.13. The van der Waals surface area contributed by atoms with Gasteiger partial charge in [-0.05, 0) is 24.8 Å². The summed E-state index contributed by atoms with van der Waals surface area (Å²) in [5.74, 6) is -0.399. The molecule has 0 fully saturated rings. The van der Waals surface area contributed by atoms with Crippen LogP contribution < -0.4 is 4.74 Å². The fraction of sp³-hybridized carbons (Fsp3) is 0.588. The lowest BCUT2D eigenvalue weighted by atomic mass is 9.81. The number of alkyl halides is 3. The van der Waals surface area contributed by atoms with Gasteiger partial charge in [-0.2, -0.15) is 13.2 Å². The molecule has 0 saturated carbocycles. The highest BCUT2D eigenvalue weighted by Gasteiger charge is 2.36. The predicted octanol–water partition coefficient (Wildman–Crippen LogP) is 3.67. The Morgan fingerprint density at radius 1 is 1.37 bits per heavy atom. The smallest absolute Gasteiger partial charge is 0.445 e. The van der Waals surface area contributed by atoms with Crippen LogP contribution >= 0.6 is 11.3 Å². The molecule has 1 aromatic rings. The van der Waals surface area contributed by atoms with Crippen LogP contribution in [0.4, 0.5) is 13.2 Å². The molecule has 0 bridgehead atoms. The van der Waals surface area contributed by atoms with Crippen molar-refractivity contribution in [1.82, 2.24) is 15.1 Å². The first-order chi connectivity index (χ1) is 12.5. The molecule has 0 aromatic carbocycles. The highest BCUT2D eigenvalue weighted by Crippen LogP contribution is 2.35. The third-order valence-electron chi connectivity index (χ3n) is 3.77. The molecular weight excluding hydrogens is 383 g/mol. The predicted molar refractivity (Wildman–Crippen MR) is 94.2 cm³/mol. The Labute approximate surface area is 159 Å². The molecule has 2 rings (SSSR count). The lowest BCUT2D eigenvalue weighted by molar-refractivity contribution is -0.138. The van der Waals surface area contributed by atoms with Crippen molar-refractivity contribution in [2.75, 3.05) is 26.9 Å². The first kappa shape index (κ1) is 21.4. The van der Waals surface area contributed by atoms with Gasteiger partial charge in [0.1, 0.15) is 0 Å². The van der Waals surface area contributed by atoms with Gasteiger partial charge in [-0.3, -0.25) is 4.79 Å². The van der Waals surface area contributed by atoms with Gasteiger partial charge in [0.2, 0.25) is 5.01 Å². The fourth-order valence-corrected chi connectivity index (χ4v) is 3.40. The molecule has 1 heterocycles. The van der Waals surface area contributed by atoms with Crippen molar-refractivity contribution in [2.45, 2.75) is 33.4 Å². The Balaban J connectivity index is 2.11. The molecule has 1 aliphatic carbocycles. The molecule has 0 spiro atoms. The van der Waals surface area contributed by atoms with E-state index in [0.717, 1.165) is 17.7 Å². The fourth-order valence-electron chi connectivity index (χ4n) is 2.84. The minimum Gasteiger partial charge on any atom is -0.459 e. The van der Waals surface area contributed by atoms with Crippen molar-refractivity contribution in [3.05, 3.63) is 28.4 Å². The van der Waals surface area contributed by atoms with E-state index in [0.29, 0.717) is 13.2 Å². The lowest BCUT2D eigenvalue weighted by Gasteiger charge is -2.32. The van der Waals surface area contributed by atoms with Gasteiger partial charge in [-0.25, -0.2) is 0 Å². The molecule has 0 saturated heterocycles. The maximum Gasteiger partial charge on any atom is 0.445 e. The Hall–Kier alpha value is -1.94. The number of allylic oxidation sites excluding steroid dienone is 3. The Morgan fingerprint density at radius 3 is 2.63 bits per heavy atom. The number of methoxy groups -OCH3 is 1. The van der Waals surface area contributed by atoms with Gasteiger partial charge in [0.25, 0.3) is 11.1 Å². The first-order valence-electron chi connectivity index (χ1n) is 8.25. The Kier molecular flexibility index (Phi) is 6.63. The van der Waals surface area contributed by atoms with Gasteiger partial charge in [0.15, 0.2) is 6.61 Å². The van der Waals surface area contributed by atoms with Crippen LogP contribution in [0.2, 0.25) is 0 Å². The van der Waals surface area contributed by atoms with E-state index in [4.69, 9.17) is 9.47 Å². The summed E-state index contributed by atoms with van der Waals surface area (Å²) in [6.45, 7) is 6.30. The summed E-state index contributed by atoms with van der Waals surface area (Å²) in [5, 5.41) is 4.95. The summed E-state index contributed by atoms with van der Waals surface area (Å²) in [6.07, 6.45) is 0.213. The van der Waals surface area contributed by atoms with E-state index in [1.807, 2.05) is 19.1 Å². The number of hydrogen-bond acceptors (Lipinski definition) is 6. The van der Waals surface area contributed by atoms with Crippen molar-refractivity contribution >= 4 is 17.2 Å².